The Bertz CT molecular complexity index is 1130. The van der Waals surface area contributed by atoms with E-state index in [0.717, 1.165) is 33.7 Å². The van der Waals surface area contributed by atoms with Gasteiger partial charge in [0.2, 0.25) is 0 Å². The molecule has 0 unspecified atom stereocenters. The van der Waals surface area contributed by atoms with Gasteiger partial charge in [0.25, 0.3) is 0 Å². The molecule has 0 aliphatic carbocycles. The van der Waals surface area contributed by atoms with Gasteiger partial charge in [-0.25, -0.2) is 4.98 Å². The van der Waals surface area contributed by atoms with Crippen LogP contribution in [0.5, 0.6) is 17.2 Å². The number of ether oxygens (including phenoxy) is 3. The summed E-state index contributed by atoms with van der Waals surface area (Å²) >= 11 is 6.08. The maximum absolute atomic E-state index is 6.08. The van der Waals surface area contributed by atoms with E-state index in [1.165, 1.54) is 0 Å². The summed E-state index contributed by atoms with van der Waals surface area (Å²) in [7, 11) is 1.63. The number of methoxy groups -OCH3 is 1. The molecule has 1 heterocycles. The van der Waals surface area contributed by atoms with Gasteiger partial charge in [-0.3, -0.25) is 0 Å². The van der Waals surface area contributed by atoms with Crippen molar-refractivity contribution in [1.82, 2.24) is 4.98 Å². The van der Waals surface area contributed by atoms with Crippen LogP contribution in [-0.2, 0) is 13.2 Å². The highest BCUT2D eigenvalue weighted by Gasteiger charge is 2.06. The lowest BCUT2D eigenvalue weighted by Crippen LogP contribution is -2.00. The van der Waals surface area contributed by atoms with Gasteiger partial charge in [0, 0.05) is 22.0 Å². The van der Waals surface area contributed by atoms with Gasteiger partial charge in [0.1, 0.15) is 30.5 Å². The first kappa shape index (κ1) is 19.1. The van der Waals surface area contributed by atoms with Gasteiger partial charge in [-0.1, -0.05) is 41.9 Å². The fourth-order valence-electron chi connectivity index (χ4n) is 3.02. The lowest BCUT2D eigenvalue weighted by atomic mass is 10.2. The second kappa shape index (κ2) is 8.84. The predicted octanol–water partition coefficient (Wildman–Crippen LogP) is 6.05. The van der Waals surface area contributed by atoms with E-state index in [2.05, 4.69) is 11.1 Å². The molecule has 4 nitrogen and oxygen atoms in total. The Morgan fingerprint density at radius 2 is 1.59 bits per heavy atom. The first-order valence-electron chi connectivity index (χ1n) is 9.24. The summed E-state index contributed by atoms with van der Waals surface area (Å²) in [6.07, 6.45) is 0. The summed E-state index contributed by atoms with van der Waals surface area (Å²) in [6, 6.07) is 25.1. The van der Waals surface area contributed by atoms with Crippen molar-refractivity contribution in [2.75, 3.05) is 7.11 Å². The van der Waals surface area contributed by atoms with E-state index in [0.29, 0.717) is 24.0 Å². The number of hydrogen-bond donors (Lipinski definition) is 0. The lowest BCUT2D eigenvalue weighted by Gasteiger charge is -2.12. The first-order valence-corrected chi connectivity index (χ1v) is 9.62. The third kappa shape index (κ3) is 4.79. The van der Waals surface area contributed by atoms with Crippen LogP contribution in [0.2, 0.25) is 5.02 Å². The predicted molar refractivity (Wildman–Crippen MR) is 115 cm³/mol. The van der Waals surface area contributed by atoms with Crippen LogP contribution >= 0.6 is 11.6 Å². The van der Waals surface area contributed by atoms with Gasteiger partial charge in [-0.15, -0.1) is 0 Å². The molecular formula is C24H20ClNO3. The van der Waals surface area contributed by atoms with Crippen molar-refractivity contribution in [1.29, 1.82) is 0 Å². The van der Waals surface area contributed by atoms with Crippen LogP contribution in [0.25, 0.3) is 10.9 Å². The Kier molecular flexibility index (Phi) is 5.82. The number of para-hydroxylation sites is 1. The molecule has 4 rings (SSSR count). The van der Waals surface area contributed by atoms with Crippen molar-refractivity contribution < 1.29 is 14.2 Å². The molecule has 1 aromatic heterocycles. The monoisotopic (exact) mass is 405 g/mol. The van der Waals surface area contributed by atoms with E-state index < -0.39 is 0 Å². The van der Waals surface area contributed by atoms with Crippen LogP contribution in [0.1, 0.15) is 11.3 Å². The van der Waals surface area contributed by atoms with Crippen molar-refractivity contribution in [3.8, 4) is 17.2 Å². The highest BCUT2D eigenvalue weighted by atomic mass is 35.5. The number of hydrogen-bond acceptors (Lipinski definition) is 4. The number of halogens is 1. The van der Waals surface area contributed by atoms with Gasteiger partial charge in [-0.05, 0) is 42.5 Å². The number of nitrogens with zero attached hydrogens (tertiary/aromatic N) is 1. The Labute approximate surface area is 174 Å². The summed E-state index contributed by atoms with van der Waals surface area (Å²) in [5.41, 5.74) is 2.71. The zero-order chi connectivity index (χ0) is 20.1. The molecule has 0 fully saturated rings. The maximum atomic E-state index is 6.08. The van der Waals surface area contributed by atoms with E-state index >= 15 is 0 Å². The van der Waals surface area contributed by atoms with Gasteiger partial charge in [0.05, 0.1) is 18.3 Å². The Hall–Kier alpha value is -3.24. The lowest BCUT2D eigenvalue weighted by molar-refractivity contribution is 0.284. The van der Waals surface area contributed by atoms with Crippen molar-refractivity contribution in [3.05, 3.63) is 95.1 Å². The second-order valence-corrected chi connectivity index (χ2v) is 6.94. The number of benzene rings is 3. The average Bonchev–Trinajstić information content (AvgIpc) is 2.76. The average molecular weight is 406 g/mol. The number of fused-ring (bicyclic) bond motifs is 1. The third-order valence-electron chi connectivity index (χ3n) is 4.49. The highest BCUT2D eigenvalue weighted by molar-refractivity contribution is 6.30. The molecule has 0 amide bonds. The first-order chi connectivity index (χ1) is 14.2. The van der Waals surface area contributed by atoms with Crippen molar-refractivity contribution in [2.24, 2.45) is 0 Å². The van der Waals surface area contributed by atoms with Crippen LogP contribution in [0.15, 0.2) is 78.9 Å². The van der Waals surface area contributed by atoms with Crippen LogP contribution in [0.4, 0.5) is 0 Å². The van der Waals surface area contributed by atoms with Crippen LogP contribution in [-0.4, -0.2) is 12.1 Å². The van der Waals surface area contributed by atoms with E-state index in [1.54, 1.807) is 13.2 Å². The standard InChI is InChI=1S/C24H20ClNO3/c1-27-24-12-10-19(25)13-18(24)15-28-21-6-4-7-22(14-21)29-16-20-11-9-17-5-2-3-8-23(17)26-20/h2-14H,15-16H2,1H3. The van der Waals surface area contributed by atoms with E-state index in [1.807, 2.05) is 66.7 Å². The van der Waals surface area contributed by atoms with E-state index in [-0.39, 0.29) is 0 Å². The van der Waals surface area contributed by atoms with Crippen molar-refractivity contribution in [3.63, 3.8) is 0 Å². The number of aromatic nitrogens is 1. The fourth-order valence-corrected chi connectivity index (χ4v) is 3.22. The molecule has 3 aromatic carbocycles. The third-order valence-corrected chi connectivity index (χ3v) is 4.72. The van der Waals surface area contributed by atoms with E-state index in [9.17, 15) is 0 Å². The largest absolute Gasteiger partial charge is 0.496 e. The summed E-state index contributed by atoms with van der Waals surface area (Å²) in [6.45, 7) is 0.732. The fraction of sp³-hybridized carbons (Fsp3) is 0.125. The van der Waals surface area contributed by atoms with E-state index in [4.69, 9.17) is 25.8 Å². The molecule has 0 N–H and O–H groups in total. The normalized spacial score (nSPS) is 10.7. The molecule has 5 heteroatoms. The van der Waals surface area contributed by atoms with Crippen LogP contribution in [0, 0.1) is 0 Å². The molecule has 146 valence electrons. The molecule has 0 atom stereocenters. The zero-order valence-electron chi connectivity index (χ0n) is 16.0. The zero-order valence-corrected chi connectivity index (χ0v) is 16.7. The molecule has 29 heavy (non-hydrogen) atoms. The molecule has 0 spiro atoms. The molecule has 4 aromatic rings. The summed E-state index contributed by atoms with van der Waals surface area (Å²) in [5.74, 6) is 2.16. The number of rotatable bonds is 7. The SMILES string of the molecule is COc1ccc(Cl)cc1COc1cccc(OCc2ccc3ccccc3n2)c1. The summed E-state index contributed by atoms with van der Waals surface area (Å²) < 4.78 is 17.2. The molecule has 0 aliphatic rings. The highest BCUT2D eigenvalue weighted by Crippen LogP contribution is 2.26. The van der Waals surface area contributed by atoms with Gasteiger partial charge < -0.3 is 14.2 Å². The van der Waals surface area contributed by atoms with Crippen molar-refractivity contribution in [2.45, 2.75) is 13.2 Å². The minimum atomic E-state index is 0.347. The molecule has 0 radical (unpaired) electrons. The second-order valence-electron chi connectivity index (χ2n) is 6.50. The van der Waals surface area contributed by atoms with Gasteiger partial charge in [-0.2, -0.15) is 0 Å². The minimum absolute atomic E-state index is 0.347. The maximum Gasteiger partial charge on any atom is 0.130 e. The van der Waals surface area contributed by atoms with Crippen LogP contribution in [0.3, 0.4) is 0 Å². The molecule has 0 aliphatic heterocycles. The Balaban J connectivity index is 1.41. The summed E-state index contributed by atoms with van der Waals surface area (Å²) in [4.78, 5) is 4.63. The topological polar surface area (TPSA) is 40.6 Å². The minimum Gasteiger partial charge on any atom is -0.496 e. The van der Waals surface area contributed by atoms with Crippen LogP contribution < -0.4 is 14.2 Å². The smallest absolute Gasteiger partial charge is 0.130 e. The molecule has 0 bridgehead atoms. The van der Waals surface area contributed by atoms with Crippen molar-refractivity contribution >= 4 is 22.5 Å². The summed E-state index contributed by atoms with van der Waals surface area (Å²) in [5, 5.41) is 1.76. The molecule has 0 saturated heterocycles. The molecular weight excluding hydrogens is 386 g/mol. The Morgan fingerprint density at radius 3 is 2.41 bits per heavy atom. The Morgan fingerprint density at radius 1 is 0.793 bits per heavy atom. The quantitative estimate of drug-likeness (QED) is 0.375. The number of pyridine rings is 1. The molecule has 0 saturated carbocycles. The van der Waals surface area contributed by atoms with Gasteiger partial charge in [0.15, 0.2) is 0 Å². The van der Waals surface area contributed by atoms with Gasteiger partial charge >= 0.3 is 0 Å².